The summed E-state index contributed by atoms with van der Waals surface area (Å²) in [5.74, 6) is 0. The van der Waals surface area contributed by atoms with Crippen LogP contribution in [0.25, 0.3) is 10.9 Å². The highest BCUT2D eigenvalue weighted by Crippen LogP contribution is 2.26. The van der Waals surface area contributed by atoms with E-state index in [1.807, 2.05) is 30.5 Å². The second-order valence-corrected chi connectivity index (χ2v) is 5.54. The monoisotopic (exact) mass is 325 g/mol. The van der Waals surface area contributed by atoms with Crippen LogP contribution < -0.4 is 0 Å². The van der Waals surface area contributed by atoms with Gasteiger partial charge in [-0.15, -0.1) is 0 Å². The van der Waals surface area contributed by atoms with E-state index in [1.54, 1.807) is 0 Å². The molecule has 0 atom stereocenters. The largest absolute Gasteiger partial charge is 0.361 e. The Kier molecular flexibility index (Phi) is 4.24. The maximum atomic E-state index is 11.1. The molecule has 3 rings (SSSR count). The van der Waals surface area contributed by atoms with E-state index in [9.17, 15) is 20.2 Å². The lowest BCUT2D eigenvalue weighted by molar-refractivity contribution is -0.394. The minimum atomic E-state index is -0.622. The maximum absolute atomic E-state index is 11.1. The maximum Gasteiger partial charge on any atom is 0.279 e. The van der Waals surface area contributed by atoms with E-state index in [-0.39, 0.29) is 11.4 Å². The van der Waals surface area contributed by atoms with E-state index in [0.717, 1.165) is 35.4 Å². The van der Waals surface area contributed by atoms with Gasteiger partial charge in [-0.2, -0.15) is 0 Å². The van der Waals surface area contributed by atoms with Crippen molar-refractivity contribution in [1.82, 2.24) is 4.98 Å². The molecule has 0 radical (unpaired) electrons. The van der Waals surface area contributed by atoms with E-state index in [4.69, 9.17) is 0 Å². The molecule has 1 heterocycles. The molecule has 0 unspecified atom stereocenters. The number of H-pyrrole nitrogens is 1. The van der Waals surface area contributed by atoms with Crippen molar-refractivity contribution in [2.45, 2.75) is 19.3 Å². The molecule has 0 bridgehead atoms. The number of nitro groups is 2. The molecular formula is C17H15N3O4. The average molecular weight is 325 g/mol. The van der Waals surface area contributed by atoms with Crippen LogP contribution in [0.5, 0.6) is 0 Å². The quantitative estimate of drug-likeness (QED) is 0.543. The standard InChI is InChI=1S/C17H15N3O4/c21-19(22)14-9-8-12(17(10-14)20(23)24)4-3-5-13-11-18-16-7-2-1-6-15(13)16/h1-2,6-11,18H,3-5H2. The van der Waals surface area contributed by atoms with Crippen molar-refractivity contribution in [3.05, 3.63) is 80.0 Å². The Balaban J connectivity index is 1.74. The number of aromatic amines is 1. The van der Waals surface area contributed by atoms with Gasteiger partial charge < -0.3 is 4.98 Å². The zero-order chi connectivity index (χ0) is 17.1. The smallest absolute Gasteiger partial charge is 0.279 e. The van der Waals surface area contributed by atoms with Crippen molar-refractivity contribution >= 4 is 22.3 Å². The van der Waals surface area contributed by atoms with E-state index < -0.39 is 9.85 Å². The summed E-state index contributed by atoms with van der Waals surface area (Å²) in [5, 5.41) is 23.1. The van der Waals surface area contributed by atoms with Gasteiger partial charge in [-0.05, 0) is 37.0 Å². The van der Waals surface area contributed by atoms with E-state index >= 15 is 0 Å². The van der Waals surface area contributed by atoms with Gasteiger partial charge >= 0.3 is 0 Å². The fraction of sp³-hybridized carbons (Fsp3) is 0.176. The van der Waals surface area contributed by atoms with Gasteiger partial charge in [-0.3, -0.25) is 20.2 Å². The first-order valence-electron chi connectivity index (χ1n) is 7.53. The van der Waals surface area contributed by atoms with Gasteiger partial charge in [0.05, 0.1) is 15.9 Å². The van der Waals surface area contributed by atoms with Gasteiger partial charge in [0, 0.05) is 28.7 Å². The number of benzene rings is 2. The molecule has 0 amide bonds. The normalized spacial score (nSPS) is 10.8. The van der Waals surface area contributed by atoms with Crippen molar-refractivity contribution in [1.29, 1.82) is 0 Å². The molecule has 1 aromatic heterocycles. The van der Waals surface area contributed by atoms with Gasteiger partial charge in [0.25, 0.3) is 11.4 Å². The number of para-hydroxylation sites is 1. The van der Waals surface area contributed by atoms with Crippen molar-refractivity contribution < 1.29 is 9.85 Å². The zero-order valence-electron chi connectivity index (χ0n) is 12.8. The summed E-state index contributed by atoms with van der Waals surface area (Å²) < 4.78 is 0. The van der Waals surface area contributed by atoms with Crippen LogP contribution in [0.1, 0.15) is 17.5 Å². The highest BCUT2D eigenvalue weighted by Gasteiger charge is 2.19. The van der Waals surface area contributed by atoms with Crippen molar-refractivity contribution in [2.24, 2.45) is 0 Å². The number of non-ortho nitro benzene ring substituents is 1. The molecule has 7 nitrogen and oxygen atoms in total. The summed E-state index contributed by atoms with van der Waals surface area (Å²) in [6, 6.07) is 11.8. The number of nitrogens with one attached hydrogen (secondary N) is 1. The fourth-order valence-electron chi connectivity index (χ4n) is 2.85. The first-order chi connectivity index (χ1) is 11.6. The van der Waals surface area contributed by atoms with Gasteiger partial charge in [0.1, 0.15) is 0 Å². The van der Waals surface area contributed by atoms with Crippen molar-refractivity contribution in [3.8, 4) is 0 Å². The molecule has 24 heavy (non-hydrogen) atoms. The molecule has 3 aromatic rings. The van der Waals surface area contributed by atoms with E-state index in [1.165, 1.54) is 12.1 Å². The lowest BCUT2D eigenvalue weighted by atomic mass is 10.0. The summed E-state index contributed by atoms with van der Waals surface area (Å²) in [5.41, 5.74) is 2.29. The van der Waals surface area contributed by atoms with Crippen LogP contribution in [0.3, 0.4) is 0 Å². The molecular weight excluding hydrogens is 310 g/mol. The zero-order valence-corrected chi connectivity index (χ0v) is 12.8. The highest BCUT2D eigenvalue weighted by atomic mass is 16.6. The van der Waals surface area contributed by atoms with Crippen LogP contribution in [0.15, 0.2) is 48.7 Å². The first kappa shape index (κ1) is 15.7. The number of nitrogens with zero attached hydrogens (tertiary/aromatic N) is 2. The van der Waals surface area contributed by atoms with Crippen LogP contribution in [0.4, 0.5) is 11.4 Å². The summed E-state index contributed by atoms with van der Waals surface area (Å²) in [6.45, 7) is 0. The molecule has 0 fully saturated rings. The highest BCUT2D eigenvalue weighted by molar-refractivity contribution is 5.83. The molecule has 0 saturated heterocycles. The Labute approximate surface area is 137 Å². The van der Waals surface area contributed by atoms with Crippen LogP contribution in [0.2, 0.25) is 0 Å². The van der Waals surface area contributed by atoms with Crippen LogP contribution in [-0.2, 0) is 12.8 Å². The van der Waals surface area contributed by atoms with Gasteiger partial charge in [-0.25, -0.2) is 0 Å². The van der Waals surface area contributed by atoms with Gasteiger partial charge in [-0.1, -0.05) is 18.2 Å². The number of rotatable bonds is 6. The first-order valence-corrected chi connectivity index (χ1v) is 7.53. The predicted octanol–water partition coefficient (Wildman–Crippen LogP) is 4.16. The number of aryl methyl sites for hydroxylation is 2. The third kappa shape index (κ3) is 3.10. The molecule has 2 aromatic carbocycles. The minimum Gasteiger partial charge on any atom is -0.361 e. The van der Waals surface area contributed by atoms with Crippen LogP contribution in [-0.4, -0.2) is 14.8 Å². The SMILES string of the molecule is O=[N+]([O-])c1ccc(CCCc2c[nH]c3ccccc23)c([N+](=O)[O-])c1. The van der Waals surface area contributed by atoms with Crippen molar-refractivity contribution in [2.75, 3.05) is 0 Å². The average Bonchev–Trinajstić information content (AvgIpc) is 2.98. The molecule has 0 aliphatic heterocycles. The van der Waals surface area contributed by atoms with Gasteiger partial charge in [0.2, 0.25) is 0 Å². The second-order valence-electron chi connectivity index (χ2n) is 5.54. The summed E-state index contributed by atoms with van der Waals surface area (Å²) in [7, 11) is 0. The lowest BCUT2D eigenvalue weighted by Crippen LogP contribution is -1.99. The number of nitro benzene ring substituents is 2. The topological polar surface area (TPSA) is 102 Å². The van der Waals surface area contributed by atoms with Gasteiger partial charge in [0.15, 0.2) is 0 Å². The molecule has 1 N–H and O–H groups in total. The Morgan fingerprint density at radius 2 is 1.67 bits per heavy atom. The van der Waals surface area contributed by atoms with E-state index in [2.05, 4.69) is 4.98 Å². The lowest BCUT2D eigenvalue weighted by Gasteiger charge is -2.03. The Morgan fingerprint density at radius 3 is 2.42 bits per heavy atom. The molecule has 0 spiro atoms. The molecule has 122 valence electrons. The number of fused-ring (bicyclic) bond motifs is 1. The summed E-state index contributed by atoms with van der Waals surface area (Å²) >= 11 is 0. The van der Waals surface area contributed by atoms with E-state index in [0.29, 0.717) is 12.0 Å². The Morgan fingerprint density at radius 1 is 0.917 bits per heavy atom. The minimum absolute atomic E-state index is 0.192. The number of hydrogen-bond donors (Lipinski definition) is 1. The second kappa shape index (κ2) is 6.49. The Bertz CT molecular complexity index is 917. The molecule has 7 heteroatoms. The Hall–Kier alpha value is -3.22. The molecule has 0 aliphatic rings. The van der Waals surface area contributed by atoms with Crippen LogP contribution in [0, 0.1) is 20.2 Å². The third-order valence-electron chi connectivity index (χ3n) is 4.04. The van der Waals surface area contributed by atoms with Crippen molar-refractivity contribution in [3.63, 3.8) is 0 Å². The molecule has 0 saturated carbocycles. The summed E-state index contributed by atoms with van der Waals surface area (Å²) in [6.07, 6.45) is 3.95. The number of aromatic nitrogens is 1. The molecule has 0 aliphatic carbocycles. The summed E-state index contributed by atoms with van der Waals surface area (Å²) in [4.78, 5) is 23.9. The van der Waals surface area contributed by atoms with Crippen LogP contribution >= 0.6 is 0 Å². The predicted molar refractivity (Wildman–Crippen MR) is 90.1 cm³/mol. The number of hydrogen-bond acceptors (Lipinski definition) is 4. The third-order valence-corrected chi connectivity index (χ3v) is 4.04. The fourth-order valence-corrected chi connectivity index (χ4v) is 2.85.